The van der Waals surface area contributed by atoms with Gasteiger partial charge in [0, 0.05) is 18.2 Å². The number of methoxy groups -OCH3 is 3. The maximum atomic E-state index is 13.0. The van der Waals surface area contributed by atoms with Gasteiger partial charge in [0.25, 0.3) is 0 Å². The average molecular weight is 435 g/mol. The number of hydrogen-bond acceptors (Lipinski definition) is 9. The monoisotopic (exact) mass is 435 g/mol. The first-order valence-electron chi connectivity index (χ1n) is 9.52. The second-order valence-corrected chi connectivity index (χ2v) is 6.79. The molecule has 1 heterocycles. The van der Waals surface area contributed by atoms with Crippen LogP contribution in [0.25, 0.3) is 6.08 Å². The van der Waals surface area contributed by atoms with E-state index in [0.29, 0.717) is 28.4 Å². The molecule has 0 bridgehead atoms. The van der Waals surface area contributed by atoms with Crippen LogP contribution in [0, 0.1) is 22.7 Å². The van der Waals surface area contributed by atoms with Crippen molar-refractivity contribution in [1.82, 2.24) is 4.90 Å². The standard InChI is InChI=1S/C23H21N3O6/c1-29-18-12-20(31-3)19(30-2)10-14(18)11-21-22(28)15-4-5-17(27)16(23(15)32-21)13-26(8-6-24)9-7-25/h4-5,10-12,27H,8-9,13H2,1-3H3. The SMILES string of the molecule is COc1cc(OC)c(OC)cc1C=C1Oc2c(ccc(O)c2CN(CC#N)CC#N)C1=O. The Morgan fingerprint density at radius 3 is 2.25 bits per heavy atom. The van der Waals surface area contributed by atoms with Gasteiger partial charge in [0.15, 0.2) is 17.3 Å². The predicted octanol–water partition coefficient (Wildman–Crippen LogP) is 2.88. The smallest absolute Gasteiger partial charge is 0.231 e. The second kappa shape index (κ2) is 9.73. The van der Waals surface area contributed by atoms with Crippen molar-refractivity contribution in [2.45, 2.75) is 6.54 Å². The molecule has 0 aromatic heterocycles. The van der Waals surface area contributed by atoms with E-state index in [2.05, 4.69) is 0 Å². The van der Waals surface area contributed by atoms with Crippen molar-refractivity contribution in [3.05, 3.63) is 46.7 Å². The van der Waals surface area contributed by atoms with Gasteiger partial charge < -0.3 is 24.1 Å². The highest BCUT2D eigenvalue weighted by atomic mass is 16.5. The van der Waals surface area contributed by atoms with Crippen molar-refractivity contribution in [1.29, 1.82) is 10.5 Å². The van der Waals surface area contributed by atoms with Crippen LogP contribution in [0.4, 0.5) is 0 Å². The van der Waals surface area contributed by atoms with Gasteiger partial charge in [-0.3, -0.25) is 9.69 Å². The van der Waals surface area contributed by atoms with Crippen LogP contribution in [0.15, 0.2) is 30.0 Å². The van der Waals surface area contributed by atoms with Crippen molar-refractivity contribution in [3.8, 4) is 40.9 Å². The molecule has 2 aromatic carbocycles. The lowest BCUT2D eigenvalue weighted by Crippen LogP contribution is -2.24. The maximum absolute atomic E-state index is 13.0. The van der Waals surface area contributed by atoms with Crippen molar-refractivity contribution < 1.29 is 28.8 Å². The number of phenols is 1. The summed E-state index contributed by atoms with van der Waals surface area (Å²) in [5, 5.41) is 28.4. The van der Waals surface area contributed by atoms with E-state index in [1.807, 2.05) is 12.1 Å². The third-order valence-electron chi connectivity index (χ3n) is 4.91. The number of benzene rings is 2. The normalized spacial score (nSPS) is 13.3. The van der Waals surface area contributed by atoms with Crippen LogP contribution in [0.5, 0.6) is 28.7 Å². The minimum atomic E-state index is -0.370. The van der Waals surface area contributed by atoms with E-state index in [1.165, 1.54) is 44.4 Å². The van der Waals surface area contributed by atoms with Gasteiger partial charge in [0.2, 0.25) is 5.78 Å². The number of phenolic OH excluding ortho intramolecular Hbond substituents is 1. The molecule has 9 nitrogen and oxygen atoms in total. The molecule has 0 unspecified atom stereocenters. The molecule has 0 amide bonds. The van der Waals surface area contributed by atoms with Gasteiger partial charge >= 0.3 is 0 Å². The van der Waals surface area contributed by atoms with Gasteiger partial charge in [-0.05, 0) is 24.3 Å². The summed E-state index contributed by atoms with van der Waals surface area (Å²) in [6.45, 7) is 0.0304. The zero-order chi connectivity index (χ0) is 23.3. The van der Waals surface area contributed by atoms with Gasteiger partial charge in [-0.25, -0.2) is 0 Å². The van der Waals surface area contributed by atoms with E-state index in [4.69, 9.17) is 29.5 Å². The van der Waals surface area contributed by atoms with Crippen LogP contribution in [0.1, 0.15) is 21.5 Å². The minimum absolute atomic E-state index is 0.0177. The number of rotatable bonds is 8. The van der Waals surface area contributed by atoms with Crippen molar-refractivity contribution >= 4 is 11.9 Å². The van der Waals surface area contributed by atoms with Crippen molar-refractivity contribution in [2.24, 2.45) is 0 Å². The molecule has 9 heteroatoms. The maximum Gasteiger partial charge on any atom is 0.231 e. The first-order chi connectivity index (χ1) is 15.5. The Bertz CT molecular complexity index is 1140. The fraction of sp³-hybridized carbons (Fsp3) is 0.261. The predicted molar refractivity (Wildman–Crippen MR) is 114 cm³/mol. The Balaban J connectivity index is 2.02. The average Bonchev–Trinajstić information content (AvgIpc) is 3.11. The summed E-state index contributed by atoms with van der Waals surface area (Å²) in [5.74, 6) is 1.12. The summed E-state index contributed by atoms with van der Waals surface area (Å²) in [4.78, 5) is 14.5. The summed E-state index contributed by atoms with van der Waals surface area (Å²) < 4.78 is 21.9. The highest BCUT2D eigenvalue weighted by molar-refractivity contribution is 6.15. The van der Waals surface area contributed by atoms with E-state index in [1.54, 1.807) is 12.1 Å². The summed E-state index contributed by atoms with van der Waals surface area (Å²) in [7, 11) is 4.49. The summed E-state index contributed by atoms with van der Waals surface area (Å²) in [5.41, 5.74) is 1.13. The fourth-order valence-corrected chi connectivity index (χ4v) is 3.35. The van der Waals surface area contributed by atoms with Gasteiger partial charge in [-0.15, -0.1) is 0 Å². The largest absolute Gasteiger partial charge is 0.507 e. The Labute approximate surface area is 185 Å². The molecule has 3 rings (SSSR count). The Hall–Kier alpha value is -4.21. The molecular weight excluding hydrogens is 414 g/mol. The number of ether oxygens (including phenoxy) is 4. The van der Waals surface area contributed by atoms with E-state index in [9.17, 15) is 9.90 Å². The summed E-state index contributed by atoms with van der Waals surface area (Å²) in [6, 6.07) is 10.1. The third kappa shape index (κ3) is 4.29. The number of ketones is 1. The lowest BCUT2D eigenvalue weighted by atomic mass is 10.0. The van der Waals surface area contributed by atoms with E-state index < -0.39 is 0 Å². The number of hydrogen-bond donors (Lipinski definition) is 1. The number of carbonyl (C=O) groups excluding carboxylic acids is 1. The lowest BCUT2D eigenvalue weighted by Gasteiger charge is -2.17. The second-order valence-electron chi connectivity index (χ2n) is 6.79. The summed E-state index contributed by atoms with van der Waals surface area (Å²) >= 11 is 0. The molecule has 1 aliphatic heterocycles. The van der Waals surface area contributed by atoms with Gasteiger partial charge in [0.05, 0.1) is 57.7 Å². The molecular formula is C23H21N3O6. The number of carbonyl (C=O) groups is 1. The lowest BCUT2D eigenvalue weighted by molar-refractivity contribution is 0.101. The number of nitriles is 2. The molecule has 0 fully saturated rings. The van der Waals surface area contributed by atoms with Crippen LogP contribution in [-0.4, -0.2) is 50.2 Å². The van der Waals surface area contributed by atoms with E-state index in [-0.39, 0.29) is 48.2 Å². The van der Waals surface area contributed by atoms with E-state index >= 15 is 0 Å². The molecule has 0 saturated carbocycles. The zero-order valence-electron chi connectivity index (χ0n) is 17.8. The van der Waals surface area contributed by atoms with Crippen LogP contribution in [-0.2, 0) is 6.54 Å². The molecule has 164 valence electrons. The van der Waals surface area contributed by atoms with Crippen LogP contribution < -0.4 is 18.9 Å². The minimum Gasteiger partial charge on any atom is -0.507 e. The summed E-state index contributed by atoms with van der Waals surface area (Å²) in [6.07, 6.45) is 1.52. The number of Topliss-reactive ketones (excluding diaryl/α,β-unsaturated/α-hetero) is 1. The van der Waals surface area contributed by atoms with Crippen LogP contribution in [0.3, 0.4) is 0 Å². The molecule has 1 aliphatic rings. The molecule has 0 aliphatic carbocycles. The fourth-order valence-electron chi connectivity index (χ4n) is 3.35. The number of nitrogens with zero attached hydrogens (tertiary/aromatic N) is 3. The van der Waals surface area contributed by atoms with Gasteiger partial charge in [0.1, 0.15) is 17.2 Å². The number of fused-ring (bicyclic) bond motifs is 1. The Kier molecular flexibility index (Phi) is 6.83. The Morgan fingerprint density at radius 2 is 1.66 bits per heavy atom. The number of allylic oxidation sites excluding steroid dienone is 1. The highest BCUT2D eigenvalue weighted by Crippen LogP contribution is 2.41. The van der Waals surface area contributed by atoms with Gasteiger partial charge in [-0.2, -0.15) is 10.5 Å². The quantitative estimate of drug-likeness (QED) is 0.492. The highest BCUT2D eigenvalue weighted by Gasteiger charge is 2.32. The molecule has 2 aromatic rings. The molecule has 32 heavy (non-hydrogen) atoms. The van der Waals surface area contributed by atoms with Gasteiger partial charge in [-0.1, -0.05) is 0 Å². The van der Waals surface area contributed by atoms with Crippen LogP contribution >= 0.6 is 0 Å². The topological polar surface area (TPSA) is 125 Å². The van der Waals surface area contributed by atoms with Crippen molar-refractivity contribution in [3.63, 3.8) is 0 Å². The molecule has 0 atom stereocenters. The first kappa shape index (κ1) is 22.5. The molecule has 0 spiro atoms. The molecule has 1 N–H and O–H groups in total. The van der Waals surface area contributed by atoms with E-state index in [0.717, 1.165) is 0 Å². The Morgan fingerprint density at radius 1 is 1.03 bits per heavy atom. The number of aromatic hydroxyl groups is 1. The molecule has 0 saturated heterocycles. The van der Waals surface area contributed by atoms with Crippen LogP contribution in [0.2, 0.25) is 0 Å². The zero-order valence-corrected chi connectivity index (χ0v) is 17.8. The van der Waals surface area contributed by atoms with Crippen molar-refractivity contribution in [2.75, 3.05) is 34.4 Å². The first-order valence-corrected chi connectivity index (χ1v) is 9.52. The molecule has 0 radical (unpaired) electrons. The third-order valence-corrected chi connectivity index (χ3v) is 4.91.